The van der Waals surface area contributed by atoms with Crippen molar-refractivity contribution in [2.24, 2.45) is 0 Å². The molecular weight excluding hydrogens is 204 g/mol. The monoisotopic (exact) mass is 216 g/mol. The first-order chi connectivity index (χ1) is 7.79. The summed E-state index contributed by atoms with van der Waals surface area (Å²) in [6, 6.07) is 9.37. The molecule has 1 N–H and O–H groups in total. The Hall–Kier alpha value is -1.94. The number of nitrogens with one attached hydrogen (secondary N) is 1. The van der Waals surface area contributed by atoms with E-state index in [-0.39, 0.29) is 5.56 Å². The molecule has 0 bridgehead atoms. The minimum atomic E-state index is -0.196. The molecule has 4 nitrogen and oxygen atoms in total. The zero-order valence-corrected chi connectivity index (χ0v) is 8.93. The number of H-pyrrole nitrogens is 1. The third-order valence-electron chi connectivity index (χ3n) is 2.26. The van der Waals surface area contributed by atoms with Crippen LogP contribution >= 0.6 is 0 Å². The minimum absolute atomic E-state index is 0.196. The van der Waals surface area contributed by atoms with Gasteiger partial charge in [0.2, 0.25) is 0 Å². The molecule has 0 unspecified atom stereocenters. The summed E-state index contributed by atoms with van der Waals surface area (Å²) in [5.41, 5.74) is 2.69. The molecule has 0 radical (unpaired) electrons. The van der Waals surface area contributed by atoms with Gasteiger partial charge in [-0.3, -0.25) is 4.79 Å². The first kappa shape index (κ1) is 10.6. The number of hydrogen-bond donors (Lipinski definition) is 1. The van der Waals surface area contributed by atoms with Crippen LogP contribution in [0, 0.1) is 0 Å². The maximum Gasteiger partial charge on any atom is 0.264 e. The molecule has 2 rings (SSSR count). The normalized spacial score (nSPS) is 10.3. The Balaban J connectivity index is 2.31. The van der Waals surface area contributed by atoms with Crippen molar-refractivity contribution in [1.82, 2.24) is 10.2 Å². The summed E-state index contributed by atoms with van der Waals surface area (Å²) >= 11 is 0. The lowest BCUT2D eigenvalue weighted by atomic mass is 10.1. The highest BCUT2D eigenvalue weighted by Crippen LogP contribution is 2.17. The summed E-state index contributed by atoms with van der Waals surface area (Å²) in [4.78, 5) is 11.1. The van der Waals surface area contributed by atoms with E-state index in [1.165, 1.54) is 6.07 Å². The van der Waals surface area contributed by atoms with E-state index in [1.54, 1.807) is 13.3 Å². The Morgan fingerprint density at radius 2 is 2.00 bits per heavy atom. The first-order valence-corrected chi connectivity index (χ1v) is 4.92. The lowest BCUT2D eigenvalue weighted by Gasteiger charge is -2.02. The molecule has 16 heavy (non-hydrogen) atoms. The van der Waals surface area contributed by atoms with Gasteiger partial charge in [-0.25, -0.2) is 5.10 Å². The maximum atomic E-state index is 11.1. The van der Waals surface area contributed by atoms with Gasteiger partial charge in [0.15, 0.2) is 0 Å². The van der Waals surface area contributed by atoms with Crippen LogP contribution in [0.3, 0.4) is 0 Å². The van der Waals surface area contributed by atoms with Gasteiger partial charge < -0.3 is 4.74 Å². The van der Waals surface area contributed by atoms with Gasteiger partial charge in [0.05, 0.1) is 12.8 Å². The highest BCUT2D eigenvalue weighted by atomic mass is 16.5. The van der Waals surface area contributed by atoms with E-state index in [4.69, 9.17) is 4.74 Å². The number of rotatable bonds is 3. The highest BCUT2D eigenvalue weighted by Gasteiger charge is 1.99. The lowest BCUT2D eigenvalue weighted by molar-refractivity contribution is 0.185. The molecule has 0 amide bonds. The Morgan fingerprint density at radius 1 is 1.25 bits per heavy atom. The van der Waals surface area contributed by atoms with Gasteiger partial charge in [-0.15, -0.1) is 0 Å². The summed E-state index contributed by atoms with van der Waals surface area (Å²) in [7, 11) is 1.66. The van der Waals surface area contributed by atoms with E-state index in [1.807, 2.05) is 24.3 Å². The van der Waals surface area contributed by atoms with E-state index in [0.717, 1.165) is 16.7 Å². The van der Waals surface area contributed by atoms with Gasteiger partial charge in [-0.05, 0) is 11.1 Å². The summed E-state index contributed by atoms with van der Waals surface area (Å²) in [5.74, 6) is 0. The molecule has 0 aliphatic carbocycles. The number of methoxy groups -OCH3 is 1. The van der Waals surface area contributed by atoms with Crippen LogP contribution < -0.4 is 5.56 Å². The molecule has 4 heteroatoms. The van der Waals surface area contributed by atoms with Crippen molar-refractivity contribution in [1.29, 1.82) is 0 Å². The molecule has 1 aromatic heterocycles. The number of aromatic nitrogens is 2. The minimum Gasteiger partial charge on any atom is -0.380 e. The molecule has 0 fully saturated rings. The van der Waals surface area contributed by atoms with Crippen molar-refractivity contribution in [2.75, 3.05) is 7.11 Å². The van der Waals surface area contributed by atoms with Crippen molar-refractivity contribution < 1.29 is 4.74 Å². The quantitative estimate of drug-likeness (QED) is 0.847. The average Bonchev–Trinajstić information content (AvgIpc) is 2.30. The number of ether oxygens (including phenoxy) is 1. The van der Waals surface area contributed by atoms with Crippen LogP contribution in [0.15, 0.2) is 41.3 Å². The SMILES string of the molecule is COCc1ccc(-c2cn[nH]c(=O)c2)cc1. The van der Waals surface area contributed by atoms with Gasteiger partial charge in [-0.2, -0.15) is 5.10 Å². The molecule has 0 aliphatic heterocycles. The van der Waals surface area contributed by atoms with E-state index < -0.39 is 0 Å². The van der Waals surface area contributed by atoms with Crippen LogP contribution in [0.2, 0.25) is 0 Å². The second kappa shape index (κ2) is 4.72. The largest absolute Gasteiger partial charge is 0.380 e. The topological polar surface area (TPSA) is 55.0 Å². The molecule has 82 valence electrons. The van der Waals surface area contributed by atoms with Gasteiger partial charge in [0.1, 0.15) is 0 Å². The van der Waals surface area contributed by atoms with Crippen molar-refractivity contribution in [3.63, 3.8) is 0 Å². The Bertz CT molecular complexity index is 517. The average molecular weight is 216 g/mol. The van der Waals surface area contributed by atoms with E-state index in [0.29, 0.717) is 6.61 Å². The number of aromatic amines is 1. The van der Waals surface area contributed by atoms with Crippen LogP contribution in [-0.2, 0) is 11.3 Å². The Morgan fingerprint density at radius 3 is 2.62 bits per heavy atom. The first-order valence-electron chi connectivity index (χ1n) is 4.92. The fourth-order valence-electron chi connectivity index (χ4n) is 1.49. The molecule has 0 saturated carbocycles. The molecule has 1 aromatic carbocycles. The maximum absolute atomic E-state index is 11.1. The third-order valence-corrected chi connectivity index (χ3v) is 2.26. The van der Waals surface area contributed by atoms with Crippen LogP contribution in [0.25, 0.3) is 11.1 Å². The van der Waals surface area contributed by atoms with E-state index in [9.17, 15) is 4.79 Å². The van der Waals surface area contributed by atoms with Crippen LogP contribution in [0.5, 0.6) is 0 Å². The number of hydrogen-bond acceptors (Lipinski definition) is 3. The fraction of sp³-hybridized carbons (Fsp3) is 0.167. The highest BCUT2D eigenvalue weighted by molar-refractivity contribution is 5.61. The molecular formula is C12H12N2O2. The van der Waals surface area contributed by atoms with Crippen molar-refractivity contribution in [2.45, 2.75) is 6.61 Å². The third kappa shape index (κ3) is 2.35. The summed E-state index contributed by atoms with van der Waals surface area (Å²) < 4.78 is 5.03. The van der Waals surface area contributed by atoms with Gasteiger partial charge in [0.25, 0.3) is 5.56 Å². The smallest absolute Gasteiger partial charge is 0.264 e. The molecule has 0 spiro atoms. The fourth-order valence-corrected chi connectivity index (χ4v) is 1.49. The standard InChI is InChI=1S/C12H12N2O2/c1-16-8-9-2-4-10(5-3-9)11-6-12(15)14-13-7-11/h2-7H,8H2,1H3,(H,14,15). The Labute approximate surface area is 92.9 Å². The van der Waals surface area contributed by atoms with Crippen molar-refractivity contribution >= 4 is 0 Å². The summed E-state index contributed by atoms with van der Waals surface area (Å²) in [5, 5.41) is 6.10. The zero-order chi connectivity index (χ0) is 11.4. The number of nitrogens with zero attached hydrogens (tertiary/aromatic N) is 1. The second-order valence-corrected chi connectivity index (χ2v) is 3.46. The number of benzene rings is 1. The molecule has 0 atom stereocenters. The van der Waals surface area contributed by atoms with Crippen LogP contribution in [-0.4, -0.2) is 17.3 Å². The van der Waals surface area contributed by atoms with E-state index >= 15 is 0 Å². The second-order valence-electron chi connectivity index (χ2n) is 3.46. The molecule has 2 aromatic rings. The van der Waals surface area contributed by atoms with Crippen LogP contribution in [0.1, 0.15) is 5.56 Å². The van der Waals surface area contributed by atoms with Crippen molar-refractivity contribution in [3.8, 4) is 11.1 Å². The van der Waals surface area contributed by atoms with Gasteiger partial charge in [0, 0.05) is 18.7 Å². The molecule has 0 saturated heterocycles. The predicted octanol–water partition coefficient (Wildman–Crippen LogP) is 1.58. The Kier molecular flexibility index (Phi) is 3.12. The summed E-state index contributed by atoms with van der Waals surface area (Å²) in [6.45, 7) is 0.591. The predicted molar refractivity (Wildman–Crippen MR) is 61.0 cm³/mol. The lowest BCUT2D eigenvalue weighted by Crippen LogP contribution is -2.05. The van der Waals surface area contributed by atoms with Gasteiger partial charge >= 0.3 is 0 Å². The van der Waals surface area contributed by atoms with Crippen LogP contribution in [0.4, 0.5) is 0 Å². The van der Waals surface area contributed by atoms with Gasteiger partial charge in [-0.1, -0.05) is 24.3 Å². The van der Waals surface area contributed by atoms with E-state index in [2.05, 4.69) is 10.2 Å². The summed E-state index contributed by atoms with van der Waals surface area (Å²) in [6.07, 6.45) is 1.63. The molecule has 1 heterocycles. The molecule has 0 aliphatic rings. The van der Waals surface area contributed by atoms with Crippen molar-refractivity contribution in [3.05, 3.63) is 52.4 Å². The zero-order valence-electron chi connectivity index (χ0n) is 8.93.